The van der Waals surface area contributed by atoms with Gasteiger partial charge >= 0.3 is 6.03 Å². The lowest BCUT2D eigenvalue weighted by Gasteiger charge is -2.06. The van der Waals surface area contributed by atoms with Gasteiger partial charge in [-0.15, -0.1) is 0 Å². The third-order valence-corrected chi connectivity index (χ3v) is 4.82. The van der Waals surface area contributed by atoms with Crippen LogP contribution in [0.3, 0.4) is 0 Å². The van der Waals surface area contributed by atoms with E-state index < -0.39 is 11.8 Å². The molecule has 0 bridgehead atoms. The molecule has 0 unspecified atom stereocenters. The summed E-state index contributed by atoms with van der Waals surface area (Å²) < 4.78 is 18.3. The zero-order chi connectivity index (χ0) is 20.8. The average Bonchev–Trinajstić information content (AvgIpc) is 3.05. The molecule has 3 amide bonds. The third-order valence-electron chi connectivity index (χ3n) is 3.75. The Balaban J connectivity index is 1.62. The number of nitrogens with one attached hydrogen (secondary N) is 3. The Labute approximate surface area is 170 Å². The minimum atomic E-state index is -0.538. The van der Waals surface area contributed by atoms with Crippen LogP contribution >= 0.6 is 11.3 Å². The van der Waals surface area contributed by atoms with Gasteiger partial charge in [0.15, 0.2) is 5.13 Å². The molecule has 3 rings (SSSR count). The number of amides is 3. The highest BCUT2D eigenvalue weighted by Crippen LogP contribution is 2.24. The molecule has 9 heteroatoms. The molecule has 0 spiro atoms. The summed E-state index contributed by atoms with van der Waals surface area (Å²) in [6, 6.07) is 11.9. The van der Waals surface area contributed by atoms with Crippen LogP contribution in [0.25, 0.3) is 0 Å². The summed E-state index contributed by atoms with van der Waals surface area (Å²) in [5.41, 5.74) is 1.55. The molecule has 0 aliphatic rings. The molecule has 3 N–H and O–H groups in total. The van der Waals surface area contributed by atoms with Crippen LogP contribution in [0, 0.1) is 12.7 Å². The van der Waals surface area contributed by atoms with Crippen molar-refractivity contribution in [1.29, 1.82) is 0 Å². The van der Waals surface area contributed by atoms with Crippen molar-refractivity contribution in [2.75, 3.05) is 22.6 Å². The number of nitrogens with zero attached hydrogens (tertiary/aromatic N) is 1. The zero-order valence-electron chi connectivity index (χ0n) is 15.8. The Morgan fingerprint density at radius 2 is 1.62 bits per heavy atom. The SMILES string of the molecule is CCOc1ccc(NC(=O)c2sc(NC(=O)Nc3ccc(F)cc3)nc2C)cc1. The highest BCUT2D eigenvalue weighted by molar-refractivity contribution is 7.17. The van der Waals surface area contributed by atoms with E-state index in [2.05, 4.69) is 20.9 Å². The highest BCUT2D eigenvalue weighted by atomic mass is 32.1. The zero-order valence-corrected chi connectivity index (χ0v) is 16.6. The maximum atomic E-state index is 12.9. The van der Waals surface area contributed by atoms with Crippen LogP contribution in [-0.4, -0.2) is 23.5 Å². The van der Waals surface area contributed by atoms with Gasteiger partial charge in [-0.05, 0) is 62.4 Å². The molecule has 0 fully saturated rings. The van der Waals surface area contributed by atoms with E-state index in [0.29, 0.717) is 28.6 Å². The normalized spacial score (nSPS) is 10.3. The molecule has 0 aliphatic heterocycles. The van der Waals surface area contributed by atoms with E-state index in [0.717, 1.165) is 17.1 Å². The standard InChI is InChI=1S/C20H19FN4O3S/c1-3-28-16-10-8-14(9-11-16)23-18(26)17-12(2)22-20(29-17)25-19(27)24-15-6-4-13(21)5-7-15/h4-11H,3H2,1-2H3,(H,23,26)(H2,22,24,25,27). The molecule has 1 heterocycles. The molecule has 3 aromatic rings. The molecule has 0 saturated carbocycles. The smallest absolute Gasteiger partial charge is 0.325 e. The largest absolute Gasteiger partial charge is 0.494 e. The third kappa shape index (κ3) is 5.52. The van der Waals surface area contributed by atoms with Gasteiger partial charge in [-0.2, -0.15) is 0 Å². The lowest BCUT2D eigenvalue weighted by atomic mass is 10.3. The number of halogens is 1. The minimum absolute atomic E-state index is 0.277. The van der Waals surface area contributed by atoms with E-state index in [9.17, 15) is 14.0 Å². The number of rotatable bonds is 6. The molecule has 0 radical (unpaired) electrons. The number of hydrogen-bond acceptors (Lipinski definition) is 5. The number of thiazole rings is 1. The number of aromatic nitrogens is 1. The van der Waals surface area contributed by atoms with Gasteiger partial charge in [0.25, 0.3) is 5.91 Å². The number of carbonyl (C=O) groups excluding carboxylic acids is 2. The Morgan fingerprint density at radius 1 is 1.00 bits per heavy atom. The number of benzene rings is 2. The summed E-state index contributed by atoms with van der Waals surface area (Å²) in [5.74, 6) is 0.00367. The number of anilines is 3. The molecule has 29 heavy (non-hydrogen) atoms. The van der Waals surface area contributed by atoms with E-state index in [4.69, 9.17) is 4.74 Å². The van der Waals surface area contributed by atoms with Crippen molar-refractivity contribution in [2.24, 2.45) is 0 Å². The molecule has 150 valence electrons. The minimum Gasteiger partial charge on any atom is -0.494 e. The number of hydrogen-bond donors (Lipinski definition) is 3. The molecule has 2 aromatic carbocycles. The van der Waals surface area contributed by atoms with E-state index in [1.165, 1.54) is 24.3 Å². The van der Waals surface area contributed by atoms with E-state index in [-0.39, 0.29) is 11.0 Å². The van der Waals surface area contributed by atoms with Crippen molar-refractivity contribution in [1.82, 2.24) is 4.98 Å². The summed E-state index contributed by atoms with van der Waals surface area (Å²) in [5, 5.41) is 8.21. The molecule has 0 saturated heterocycles. The van der Waals surface area contributed by atoms with Crippen molar-refractivity contribution >= 4 is 39.8 Å². The first kappa shape index (κ1) is 20.3. The Morgan fingerprint density at radius 3 is 2.28 bits per heavy atom. The summed E-state index contributed by atoms with van der Waals surface area (Å²) in [4.78, 5) is 29.2. The fourth-order valence-corrected chi connectivity index (χ4v) is 3.30. The predicted molar refractivity (Wildman–Crippen MR) is 111 cm³/mol. The van der Waals surface area contributed by atoms with Gasteiger partial charge in [-0.25, -0.2) is 14.2 Å². The van der Waals surface area contributed by atoms with Gasteiger partial charge < -0.3 is 15.4 Å². The molecule has 1 aromatic heterocycles. The van der Waals surface area contributed by atoms with Crippen LogP contribution in [0.2, 0.25) is 0 Å². The van der Waals surface area contributed by atoms with Crippen molar-refractivity contribution in [3.63, 3.8) is 0 Å². The van der Waals surface area contributed by atoms with Gasteiger partial charge in [-0.3, -0.25) is 10.1 Å². The maximum absolute atomic E-state index is 12.9. The maximum Gasteiger partial charge on any atom is 0.325 e. The van der Waals surface area contributed by atoms with Gasteiger partial charge in [0.05, 0.1) is 12.3 Å². The van der Waals surface area contributed by atoms with Gasteiger partial charge in [0.2, 0.25) is 0 Å². The Bertz CT molecular complexity index is 1000. The van der Waals surface area contributed by atoms with Crippen molar-refractivity contribution in [2.45, 2.75) is 13.8 Å². The number of urea groups is 1. The second kappa shape index (κ2) is 9.16. The summed E-state index contributed by atoms with van der Waals surface area (Å²) in [6.45, 7) is 4.15. The van der Waals surface area contributed by atoms with Crippen LogP contribution in [0.15, 0.2) is 48.5 Å². The Kier molecular flexibility index (Phi) is 6.40. The van der Waals surface area contributed by atoms with Crippen LogP contribution < -0.4 is 20.7 Å². The molecular formula is C20H19FN4O3S. The monoisotopic (exact) mass is 414 g/mol. The van der Waals surface area contributed by atoms with Crippen molar-refractivity contribution < 1.29 is 18.7 Å². The van der Waals surface area contributed by atoms with E-state index in [1.54, 1.807) is 31.2 Å². The summed E-state index contributed by atoms with van der Waals surface area (Å²) in [6.07, 6.45) is 0. The lowest BCUT2D eigenvalue weighted by Crippen LogP contribution is -2.19. The summed E-state index contributed by atoms with van der Waals surface area (Å²) >= 11 is 1.06. The molecular weight excluding hydrogens is 395 g/mol. The Hall–Kier alpha value is -3.46. The summed E-state index contributed by atoms with van der Waals surface area (Å²) in [7, 11) is 0. The van der Waals surface area contributed by atoms with Crippen LogP contribution in [-0.2, 0) is 0 Å². The van der Waals surface area contributed by atoms with E-state index in [1.807, 2.05) is 6.92 Å². The highest BCUT2D eigenvalue weighted by Gasteiger charge is 2.17. The second-order valence-corrected chi connectivity index (χ2v) is 6.93. The second-order valence-electron chi connectivity index (χ2n) is 5.93. The average molecular weight is 414 g/mol. The number of carbonyl (C=O) groups is 2. The van der Waals surface area contributed by atoms with Crippen LogP contribution in [0.5, 0.6) is 5.75 Å². The van der Waals surface area contributed by atoms with Crippen molar-refractivity contribution in [3.05, 3.63) is 64.9 Å². The predicted octanol–water partition coefficient (Wildman–Crippen LogP) is 4.89. The van der Waals surface area contributed by atoms with Crippen LogP contribution in [0.1, 0.15) is 22.3 Å². The topological polar surface area (TPSA) is 92.4 Å². The fraction of sp³-hybridized carbons (Fsp3) is 0.150. The van der Waals surface area contributed by atoms with Gasteiger partial charge in [-0.1, -0.05) is 11.3 Å². The van der Waals surface area contributed by atoms with Crippen molar-refractivity contribution in [3.8, 4) is 5.75 Å². The fourth-order valence-electron chi connectivity index (χ4n) is 2.44. The first-order chi connectivity index (χ1) is 13.9. The number of ether oxygens (including phenoxy) is 1. The quantitative estimate of drug-likeness (QED) is 0.536. The lowest BCUT2D eigenvalue weighted by molar-refractivity contribution is 0.102. The molecule has 7 nitrogen and oxygen atoms in total. The van der Waals surface area contributed by atoms with Crippen LogP contribution in [0.4, 0.5) is 25.7 Å². The van der Waals surface area contributed by atoms with Gasteiger partial charge in [0.1, 0.15) is 16.4 Å². The van der Waals surface area contributed by atoms with E-state index >= 15 is 0 Å². The van der Waals surface area contributed by atoms with Gasteiger partial charge in [0, 0.05) is 11.4 Å². The first-order valence-corrected chi connectivity index (χ1v) is 9.61. The first-order valence-electron chi connectivity index (χ1n) is 8.80. The number of aryl methyl sites for hydroxylation is 1. The molecule has 0 aliphatic carbocycles. The molecule has 0 atom stereocenters.